The highest BCUT2D eigenvalue weighted by Crippen LogP contribution is 2.41. The second kappa shape index (κ2) is 7.03. The lowest BCUT2D eigenvalue weighted by Crippen LogP contribution is -2.35. The molecule has 0 fully saturated rings. The minimum atomic E-state index is -1.02. The zero-order valence-electron chi connectivity index (χ0n) is 14.5. The van der Waals surface area contributed by atoms with E-state index in [0.29, 0.717) is 28.6 Å². The molecule has 8 heteroatoms. The Labute approximate surface area is 160 Å². The Kier molecular flexibility index (Phi) is 5.11. The monoisotopic (exact) mass is 394 g/mol. The molecule has 2 atom stereocenters. The predicted octanol–water partition coefficient (Wildman–Crippen LogP) is 3.64. The Morgan fingerprint density at radius 1 is 1.46 bits per heavy atom. The molecule has 26 heavy (non-hydrogen) atoms. The average molecular weight is 395 g/mol. The smallest absolute Gasteiger partial charge is 0.307 e. The summed E-state index contributed by atoms with van der Waals surface area (Å²) in [5.74, 6) is -3.02. The van der Waals surface area contributed by atoms with Gasteiger partial charge >= 0.3 is 5.97 Å². The molecule has 0 saturated carbocycles. The van der Waals surface area contributed by atoms with Gasteiger partial charge in [-0.1, -0.05) is 17.7 Å². The maximum absolute atomic E-state index is 12.7. The van der Waals surface area contributed by atoms with Crippen molar-refractivity contribution in [2.24, 2.45) is 11.8 Å². The van der Waals surface area contributed by atoms with Gasteiger partial charge in [0.05, 0.1) is 29.6 Å². The molecule has 2 aliphatic rings. The van der Waals surface area contributed by atoms with Gasteiger partial charge in [0.2, 0.25) is 5.91 Å². The maximum Gasteiger partial charge on any atom is 0.307 e. The highest BCUT2D eigenvalue weighted by molar-refractivity contribution is 7.16. The molecule has 0 aromatic carbocycles. The van der Waals surface area contributed by atoms with E-state index in [1.165, 1.54) is 11.3 Å². The summed E-state index contributed by atoms with van der Waals surface area (Å²) in [5.41, 5.74) is 0.983. The Morgan fingerprint density at radius 3 is 2.85 bits per heavy atom. The van der Waals surface area contributed by atoms with Crippen molar-refractivity contribution in [1.29, 1.82) is 5.26 Å². The average Bonchev–Trinajstić information content (AvgIpc) is 2.89. The number of carboxylic acids is 1. The molecule has 2 N–H and O–H groups in total. The number of aliphatic carboxylic acids is 1. The molecule has 0 saturated heterocycles. The second-order valence-corrected chi connectivity index (χ2v) is 8.77. The van der Waals surface area contributed by atoms with Crippen LogP contribution >= 0.6 is 22.9 Å². The van der Waals surface area contributed by atoms with Gasteiger partial charge in [-0.3, -0.25) is 9.59 Å². The Hall–Kier alpha value is -1.88. The van der Waals surface area contributed by atoms with E-state index >= 15 is 0 Å². The fourth-order valence-corrected chi connectivity index (χ4v) is 4.71. The number of nitriles is 1. The third-order valence-corrected chi connectivity index (χ3v) is 6.21. The van der Waals surface area contributed by atoms with Gasteiger partial charge in [-0.05, 0) is 32.3 Å². The number of ether oxygens (including phenoxy) is 1. The lowest BCUT2D eigenvalue weighted by atomic mass is 9.82. The molecule has 0 spiro atoms. The summed E-state index contributed by atoms with van der Waals surface area (Å²) in [6.45, 7) is 4.31. The topological polar surface area (TPSA) is 99.4 Å². The molecule has 6 nitrogen and oxygen atoms in total. The summed E-state index contributed by atoms with van der Waals surface area (Å²) >= 11 is 7.34. The van der Waals surface area contributed by atoms with E-state index in [1.54, 1.807) is 6.08 Å². The maximum atomic E-state index is 12.7. The van der Waals surface area contributed by atoms with Gasteiger partial charge in [0.1, 0.15) is 11.1 Å². The van der Waals surface area contributed by atoms with Crippen molar-refractivity contribution >= 4 is 39.8 Å². The van der Waals surface area contributed by atoms with Crippen LogP contribution in [0.5, 0.6) is 0 Å². The van der Waals surface area contributed by atoms with E-state index in [1.807, 2.05) is 13.8 Å². The van der Waals surface area contributed by atoms with Gasteiger partial charge < -0.3 is 15.2 Å². The summed E-state index contributed by atoms with van der Waals surface area (Å²) in [4.78, 5) is 25.1. The zero-order valence-corrected chi connectivity index (χ0v) is 16.0. The number of fused-ring (bicyclic) bond motifs is 1. The van der Waals surface area contributed by atoms with Crippen LogP contribution in [-0.2, 0) is 27.4 Å². The van der Waals surface area contributed by atoms with Crippen molar-refractivity contribution in [3.05, 3.63) is 27.1 Å². The van der Waals surface area contributed by atoms with Crippen LogP contribution in [0.25, 0.3) is 0 Å². The number of hydrogen-bond acceptors (Lipinski definition) is 5. The summed E-state index contributed by atoms with van der Waals surface area (Å²) in [6, 6.07) is 2.18. The Bertz CT molecular complexity index is 837. The van der Waals surface area contributed by atoms with E-state index in [9.17, 15) is 20.0 Å². The van der Waals surface area contributed by atoms with Gasteiger partial charge in [0, 0.05) is 16.3 Å². The molecular weight excluding hydrogens is 376 g/mol. The van der Waals surface area contributed by atoms with Crippen molar-refractivity contribution in [2.75, 3.05) is 5.32 Å². The van der Waals surface area contributed by atoms with E-state index in [4.69, 9.17) is 16.3 Å². The fraction of sp³-hybridized carbons (Fsp3) is 0.500. The minimum Gasteiger partial charge on any atom is -0.481 e. The molecule has 0 radical (unpaired) electrons. The zero-order chi connectivity index (χ0) is 19.1. The predicted molar refractivity (Wildman–Crippen MR) is 98.0 cm³/mol. The van der Waals surface area contributed by atoms with Crippen LogP contribution in [0.1, 0.15) is 42.7 Å². The molecule has 1 aromatic rings. The van der Waals surface area contributed by atoms with Crippen LogP contribution < -0.4 is 5.32 Å². The number of carbonyl (C=O) groups excluding carboxylic acids is 1. The summed E-state index contributed by atoms with van der Waals surface area (Å²) in [6.07, 6.45) is 2.65. The van der Waals surface area contributed by atoms with Crippen LogP contribution in [0.15, 0.2) is 11.1 Å². The first-order chi connectivity index (χ1) is 12.2. The molecule has 0 bridgehead atoms. The van der Waals surface area contributed by atoms with Crippen LogP contribution in [0.4, 0.5) is 5.00 Å². The van der Waals surface area contributed by atoms with Crippen LogP contribution in [0.2, 0.25) is 0 Å². The number of rotatable bonds is 3. The van der Waals surface area contributed by atoms with Gasteiger partial charge in [-0.25, -0.2) is 0 Å². The van der Waals surface area contributed by atoms with E-state index in [0.717, 1.165) is 10.4 Å². The van der Waals surface area contributed by atoms with Gasteiger partial charge in [-0.2, -0.15) is 5.26 Å². The summed E-state index contributed by atoms with van der Waals surface area (Å²) in [7, 11) is 0. The number of halogens is 1. The highest BCUT2D eigenvalue weighted by atomic mass is 35.5. The molecule has 2 heterocycles. The molecule has 1 aliphatic carbocycles. The van der Waals surface area contributed by atoms with E-state index in [2.05, 4.69) is 11.4 Å². The molecular formula is C18H19ClN2O4S. The van der Waals surface area contributed by atoms with Gasteiger partial charge in [-0.15, -0.1) is 11.3 Å². The normalized spacial score (nSPS) is 24.2. The van der Waals surface area contributed by atoms with Crippen molar-refractivity contribution in [3.63, 3.8) is 0 Å². The van der Waals surface area contributed by atoms with Gasteiger partial charge in [0.15, 0.2) is 0 Å². The molecule has 1 aliphatic heterocycles. The van der Waals surface area contributed by atoms with E-state index in [-0.39, 0.29) is 18.4 Å². The number of allylic oxidation sites excluding steroid dienone is 2. The van der Waals surface area contributed by atoms with Gasteiger partial charge in [0.25, 0.3) is 0 Å². The Balaban J connectivity index is 1.86. The summed E-state index contributed by atoms with van der Waals surface area (Å²) in [5, 5.41) is 22.7. The number of carbonyl (C=O) groups is 2. The largest absolute Gasteiger partial charge is 0.481 e. The summed E-state index contributed by atoms with van der Waals surface area (Å²) < 4.78 is 5.77. The first-order valence-electron chi connectivity index (χ1n) is 8.28. The lowest BCUT2D eigenvalue weighted by molar-refractivity contribution is -0.146. The van der Waals surface area contributed by atoms with Crippen molar-refractivity contribution < 1.29 is 19.4 Å². The molecule has 1 aromatic heterocycles. The van der Waals surface area contributed by atoms with Crippen LogP contribution in [0, 0.1) is 23.2 Å². The molecule has 1 amide bonds. The lowest BCUT2D eigenvalue weighted by Gasteiger charge is -2.29. The fourth-order valence-electron chi connectivity index (χ4n) is 3.37. The Morgan fingerprint density at radius 2 is 2.19 bits per heavy atom. The second-order valence-electron chi connectivity index (χ2n) is 7.18. The van der Waals surface area contributed by atoms with Crippen molar-refractivity contribution in [3.8, 4) is 6.07 Å². The van der Waals surface area contributed by atoms with Crippen LogP contribution in [0.3, 0.4) is 0 Å². The molecule has 3 rings (SSSR count). The van der Waals surface area contributed by atoms with Crippen LogP contribution in [-0.4, -0.2) is 22.6 Å². The number of hydrogen-bond donors (Lipinski definition) is 2. The van der Waals surface area contributed by atoms with Crippen molar-refractivity contribution in [1.82, 2.24) is 0 Å². The quantitative estimate of drug-likeness (QED) is 0.815. The third kappa shape index (κ3) is 3.63. The standard InChI is InChI=1S/C18H19ClN2O4S/c1-18(2)6-12-13(7-20)16(26-14(12)8-25-18)21-15(22)11-5-9(19)3-4-10(11)17(23)24/h3,10-11H,4-6,8H2,1-2H3,(H,21,22)(H,23,24)/t10-,11+/m1/s1. The number of thiophene rings is 1. The number of amides is 1. The number of nitrogens with zero attached hydrogens (tertiary/aromatic N) is 1. The molecule has 0 unspecified atom stereocenters. The third-order valence-electron chi connectivity index (χ3n) is 4.78. The molecule has 138 valence electrons. The first kappa shape index (κ1) is 18.9. The number of anilines is 1. The SMILES string of the molecule is CC1(C)Cc2c(sc(NC(=O)[C@H]3CC(Cl)=CC[C@H]3C(=O)O)c2C#N)CO1. The van der Waals surface area contributed by atoms with E-state index < -0.39 is 23.7 Å². The highest BCUT2D eigenvalue weighted by Gasteiger charge is 2.37. The minimum absolute atomic E-state index is 0.188. The van der Waals surface area contributed by atoms with Crippen molar-refractivity contribution in [2.45, 2.75) is 45.3 Å². The first-order valence-corrected chi connectivity index (χ1v) is 9.48. The number of carboxylic acid groups (broad SMARTS) is 1. The number of nitrogens with one attached hydrogen (secondary N) is 1.